The Balaban J connectivity index is 1.42. The summed E-state index contributed by atoms with van der Waals surface area (Å²) in [7, 11) is 0. The predicted octanol–water partition coefficient (Wildman–Crippen LogP) is 2.61. The molecule has 0 aliphatic carbocycles. The van der Waals surface area contributed by atoms with Crippen LogP contribution in [0.4, 0.5) is 0 Å². The third kappa shape index (κ3) is 2.43. The highest BCUT2D eigenvalue weighted by atomic mass is 32.2. The SMILES string of the molecule is OC(C1CCOC2(CCSCC2)C1)C1CC2CCC1O2. The van der Waals surface area contributed by atoms with E-state index in [0.717, 1.165) is 32.3 Å². The van der Waals surface area contributed by atoms with Crippen molar-refractivity contribution in [3.8, 4) is 0 Å². The van der Waals surface area contributed by atoms with Crippen molar-refractivity contribution >= 4 is 11.8 Å². The lowest BCUT2D eigenvalue weighted by Crippen LogP contribution is -2.47. The van der Waals surface area contributed by atoms with Crippen molar-refractivity contribution in [2.75, 3.05) is 18.1 Å². The van der Waals surface area contributed by atoms with Gasteiger partial charge in [-0.3, -0.25) is 0 Å². The van der Waals surface area contributed by atoms with Crippen LogP contribution in [0.1, 0.15) is 44.9 Å². The van der Waals surface area contributed by atoms with E-state index in [-0.39, 0.29) is 11.7 Å². The molecular formula is C16H26O3S. The molecule has 0 aromatic rings. The maximum Gasteiger partial charge on any atom is 0.0701 e. The Morgan fingerprint density at radius 2 is 2.00 bits per heavy atom. The second kappa shape index (κ2) is 5.45. The first-order valence-corrected chi connectivity index (χ1v) is 9.46. The Labute approximate surface area is 125 Å². The zero-order valence-electron chi connectivity index (χ0n) is 12.1. The normalized spacial score (nSPS) is 44.9. The maximum absolute atomic E-state index is 10.9. The molecule has 0 aromatic heterocycles. The van der Waals surface area contributed by atoms with Crippen LogP contribution in [0.25, 0.3) is 0 Å². The highest BCUT2D eigenvalue weighted by Gasteiger charge is 2.48. The number of aliphatic hydroxyl groups is 1. The quantitative estimate of drug-likeness (QED) is 0.850. The molecule has 5 unspecified atom stereocenters. The van der Waals surface area contributed by atoms with Gasteiger partial charge in [0.05, 0.1) is 23.9 Å². The van der Waals surface area contributed by atoms with Gasteiger partial charge in [-0.05, 0) is 62.4 Å². The number of ether oxygens (including phenoxy) is 2. The number of hydrogen-bond acceptors (Lipinski definition) is 4. The summed E-state index contributed by atoms with van der Waals surface area (Å²) in [6.45, 7) is 0.841. The number of fused-ring (bicyclic) bond motifs is 2. The Hall–Kier alpha value is 0.230. The van der Waals surface area contributed by atoms with Crippen molar-refractivity contribution in [2.24, 2.45) is 11.8 Å². The Morgan fingerprint density at radius 1 is 1.15 bits per heavy atom. The molecule has 5 atom stereocenters. The minimum atomic E-state index is -0.166. The second-order valence-corrected chi connectivity index (χ2v) is 8.39. The molecule has 0 saturated carbocycles. The molecule has 2 bridgehead atoms. The summed E-state index contributed by atoms with van der Waals surface area (Å²) in [5.41, 5.74) is 0.0909. The van der Waals surface area contributed by atoms with Gasteiger partial charge in [-0.1, -0.05) is 0 Å². The van der Waals surface area contributed by atoms with Crippen LogP contribution in [-0.2, 0) is 9.47 Å². The van der Waals surface area contributed by atoms with Crippen molar-refractivity contribution in [1.82, 2.24) is 0 Å². The van der Waals surface area contributed by atoms with E-state index in [1.807, 2.05) is 11.8 Å². The predicted molar refractivity (Wildman–Crippen MR) is 80.0 cm³/mol. The van der Waals surface area contributed by atoms with Crippen molar-refractivity contribution in [3.63, 3.8) is 0 Å². The van der Waals surface area contributed by atoms with E-state index in [9.17, 15) is 5.11 Å². The van der Waals surface area contributed by atoms with Gasteiger partial charge in [-0.2, -0.15) is 11.8 Å². The third-order valence-electron chi connectivity index (χ3n) is 6.01. The zero-order valence-corrected chi connectivity index (χ0v) is 12.9. The lowest BCUT2D eigenvalue weighted by atomic mass is 9.73. The molecule has 0 aromatic carbocycles. The standard InChI is InChI=1S/C16H26O3S/c17-15(13-9-12-1-2-14(13)19-12)11-3-6-18-16(10-11)4-7-20-8-5-16/h11-15,17H,1-10H2. The Morgan fingerprint density at radius 3 is 2.70 bits per heavy atom. The van der Waals surface area contributed by atoms with Gasteiger partial charge >= 0.3 is 0 Å². The van der Waals surface area contributed by atoms with Gasteiger partial charge in [-0.25, -0.2) is 0 Å². The van der Waals surface area contributed by atoms with Gasteiger partial charge in [0, 0.05) is 12.5 Å². The zero-order chi connectivity index (χ0) is 13.6. The van der Waals surface area contributed by atoms with Gasteiger partial charge < -0.3 is 14.6 Å². The van der Waals surface area contributed by atoms with E-state index >= 15 is 0 Å². The van der Waals surface area contributed by atoms with Crippen molar-refractivity contribution in [2.45, 2.75) is 68.9 Å². The van der Waals surface area contributed by atoms with E-state index in [4.69, 9.17) is 9.47 Å². The first kappa shape index (κ1) is 13.9. The molecule has 4 fully saturated rings. The molecule has 4 saturated heterocycles. The molecule has 1 spiro atoms. The molecule has 20 heavy (non-hydrogen) atoms. The first-order valence-electron chi connectivity index (χ1n) is 8.31. The number of rotatable bonds is 2. The summed E-state index contributed by atoms with van der Waals surface area (Å²) >= 11 is 2.04. The van der Waals surface area contributed by atoms with Crippen molar-refractivity contribution < 1.29 is 14.6 Å². The fourth-order valence-corrected chi connectivity index (χ4v) is 6.07. The topological polar surface area (TPSA) is 38.7 Å². The molecular weight excluding hydrogens is 272 g/mol. The Kier molecular flexibility index (Phi) is 3.78. The highest BCUT2D eigenvalue weighted by Crippen LogP contribution is 2.46. The summed E-state index contributed by atoms with van der Waals surface area (Å²) in [6.07, 6.45) is 8.54. The first-order chi connectivity index (χ1) is 9.76. The van der Waals surface area contributed by atoms with Crippen molar-refractivity contribution in [1.29, 1.82) is 0 Å². The number of aliphatic hydroxyl groups excluding tert-OH is 1. The van der Waals surface area contributed by atoms with Gasteiger partial charge in [0.15, 0.2) is 0 Å². The summed E-state index contributed by atoms with van der Waals surface area (Å²) < 4.78 is 12.1. The minimum Gasteiger partial charge on any atom is -0.392 e. The van der Waals surface area contributed by atoms with Crippen LogP contribution < -0.4 is 0 Å². The molecule has 114 valence electrons. The van der Waals surface area contributed by atoms with Crippen LogP contribution in [-0.4, -0.2) is 47.1 Å². The summed E-state index contributed by atoms with van der Waals surface area (Å²) in [5.74, 6) is 3.27. The van der Waals surface area contributed by atoms with E-state index in [2.05, 4.69) is 0 Å². The van der Waals surface area contributed by atoms with Crippen LogP contribution in [0.3, 0.4) is 0 Å². The highest BCUT2D eigenvalue weighted by molar-refractivity contribution is 7.99. The number of hydrogen-bond donors (Lipinski definition) is 1. The Bertz CT molecular complexity index is 350. The van der Waals surface area contributed by atoms with Crippen molar-refractivity contribution in [3.05, 3.63) is 0 Å². The molecule has 4 heteroatoms. The molecule has 4 rings (SSSR count). The van der Waals surface area contributed by atoms with Crippen LogP contribution in [0, 0.1) is 11.8 Å². The lowest BCUT2D eigenvalue weighted by molar-refractivity contribution is -0.130. The number of thioether (sulfide) groups is 1. The van der Waals surface area contributed by atoms with E-state index in [0.29, 0.717) is 24.0 Å². The summed E-state index contributed by atoms with van der Waals surface area (Å²) in [4.78, 5) is 0. The fourth-order valence-electron chi connectivity index (χ4n) is 4.84. The molecule has 4 aliphatic rings. The van der Waals surface area contributed by atoms with Gasteiger partial charge in [0.2, 0.25) is 0 Å². The van der Waals surface area contributed by atoms with E-state index in [1.54, 1.807) is 0 Å². The smallest absolute Gasteiger partial charge is 0.0701 e. The largest absolute Gasteiger partial charge is 0.392 e. The van der Waals surface area contributed by atoms with Crippen LogP contribution >= 0.6 is 11.8 Å². The van der Waals surface area contributed by atoms with Crippen LogP contribution in [0.5, 0.6) is 0 Å². The third-order valence-corrected chi connectivity index (χ3v) is 7.00. The van der Waals surface area contributed by atoms with E-state index in [1.165, 1.54) is 30.8 Å². The van der Waals surface area contributed by atoms with Crippen LogP contribution in [0.2, 0.25) is 0 Å². The molecule has 4 heterocycles. The summed E-state index contributed by atoms with van der Waals surface area (Å²) in [6, 6.07) is 0. The van der Waals surface area contributed by atoms with E-state index < -0.39 is 0 Å². The lowest BCUT2D eigenvalue weighted by Gasteiger charge is -2.45. The van der Waals surface area contributed by atoms with Crippen LogP contribution in [0.15, 0.2) is 0 Å². The average Bonchev–Trinajstić information content (AvgIpc) is 3.10. The van der Waals surface area contributed by atoms with Gasteiger partial charge in [0.1, 0.15) is 0 Å². The minimum absolute atomic E-state index is 0.0909. The molecule has 1 N–H and O–H groups in total. The van der Waals surface area contributed by atoms with Gasteiger partial charge in [0.25, 0.3) is 0 Å². The molecule has 0 amide bonds. The average molecular weight is 298 g/mol. The second-order valence-electron chi connectivity index (χ2n) is 7.16. The molecule has 3 nitrogen and oxygen atoms in total. The monoisotopic (exact) mass is 298 g/mol. The maximum atomic E-state index is 10.9. The summed E-state index contributed by atoms with van der Waals surface area (Å²) in [5, 5.41) is 10.9. The molecule has 4 aliphatic heterocycles. The fraction of sp³-hybridized carbons (Fsp3) is 1.00. The molecule has 0 radical (unpaired) electrons. The van der Waals surface area contributed by atoms with Gasteiger partial charge in [-0.15, -0.1) is 0 Å².